The molecule has 0 aliphatic carbocycles. The minimum Gasteiger partial charge on any atom is -0.497 e. The van der Waals surface area contributed by atoms with E-state index >= 15 is 0 Å². The van der Waals surface area contributed by atoms with E-state index in [2.05, 4.69) is 6.92 Å². The molecule has 1 aromatic carbocycles. The quantitative estimate of drug-likeness (QED) is 0.776. The number of ether oxygens (including phenoxy) is 1. The molecule has 0 atom stereocenters. The highest BCUT2D eigenvalue weighted by atomic mass is 32.1. The van der Waals surface area contributed by atoms with E-state index in [4.69, 9.17) is 22.7 Å². The van der Waals surface area contributed by atoms with Crippen LogP contribution in [0.15, 0.2) is 18.2 Å². The zero-order valence-corrected chi connectivity index (χ0v) is 13.9. The van der Waals surface area contributed by atoms with Gasteiger partial charge >= 0.3 is 0 Å². The van der Waals surface area contributed by atoms with Gasteiger partial charge in [0.2, 0.25) is 5.91 Å². The fourth-order valence-electron chi connectivity index (χ4n) is 1.97. The van der Waals surface area contributed by atoms with Crippen LogP contribution < -0.4 is 15.4 Å². The number of likely N-dealkylation sites (N-methyl/N-ethyl adjacent to an activating group) is 1. The van der Waals surface area contributed by atoms with E-state index in [1.807, 2.05) is 23.1 Å². The van der Waals surface area contributed by atoms with Crippen LogP contribution in [0.3, 0.4) is 0 Å². The number of benzene rings is 1. The first-order valence-corrected chi connectivity index (χ1v) is 7.24. The van der Waals surface area contributed by atoms with Crippen LogP contribution >= 0.6 is 12.2 Å². The van der Waals surface area contributed by atoms with Crippen molar-refractivity contribution < 1.29 is 9.53 Å². The van der Waals surface area contributed by atoms with Crippen LogP contribution in [0.5, 0.6) is 5.75 Å². The lowest BCUT2D eigenvalue weighted by Crippen LogP contribution is -2.38. The second-order valence-electron chi connectivity index (χ2n) is 4.96. The summed E-state index contributed by atoms with van der Waals surface area (Å²) in [5.74, 6) is 0.739. The van der Waals surface area contributed by atoms with Gasteiger partial charge in [0.1, 0.15) is 10.7 Å². The van der Waals surface area contributed by atoms with Crippen molar-refractivity contribution in [2.75, 3.05) is 39.2 Å². The first-order valence-electron chi connectivity index (χ1n) is 6.83. The molecular weight excluding hydrogens is 286 g/mol. The van der Waals surface area contributed by atoms with Gasteiger partial charge in [0.05, 0.1) is 19.3 Å². The van der Waals surface area contributed by atoms with Crippen molar-refractivity contribution >= 4 is 28.8 Å². The van der Waals surface area contributed by atoms with Gasteiger partial charge in [0, 0.05) is 32.3 Å². The number of nitrogens with zero attached hydrogens (tertiary/aromatic N) is 2. The second-order valence-corrected chi connectivity index (χ2v) is 5.40. The number of hydrogen-bond acceptors (Lipinski definition) is 4. The normalized spacial score (nSPS) is 10.1. The van der Waals surface area contributed by atoms with Crippen LogP contribution in [-0.4, -0.2) is 50.1 Å². The highest BCUT2D eigenvalue weighted by Gasteiger charge is 2.17. The van der Waals surface area contributed by atoms with Gasteiger partial charge in [-0.15, -0.1) is 0 Å². The Morgan fingerprint density at radius 1 is 1.38 bits per heavy atom. The molecule has 0 spiro atoms. The number of anilines is 1. The van der Waals surface area contributed by atoms with Gasteiger partial charge in [-0.25, -0.2) is 0 Å². The highest BCUT2D eigenvalue weighted by molar-refractivity contribution is 7.80. The number of thiocarbonyl (C=S) groups is 1. The second kappa shape index (κ2) is 7.83. The summed E-state index contributed by atoms with van der Waals surface area (Å²) in [6.07, 6.45) is 0.911. The Morgan fingerprint density at radius 2 is 2.05 bits per heavy atom. The van der Waals surface area contributed by atoms with Crippen molar-refractivity contribution in [2.45, 2.75) is 13.3 Å². The molecular formula is C15H23N3O2S. The number of carbonyl (C=O) groups is 1. The van der Waals surface area contributed by atoms with Crippen molar-refractivity contribution in [1.82, 2.24) is 4.90 Å². The Balaban J connectivity index is 3.21. The van der Waals surface area contributed by atoms with Gasteiger partial charge in [-0.05, 0) is 18.6 Å². The summed E-state index contributed by atoms with van der Waals surface area (Å²) in [5, 5.41) is 0. The van der Waals surface area contributed by atoms with Gasteiger partial charge in [0.15, 0.2) is 0 Å². The molecule has 0 heterocycles. The standard InChI is InChI=1S/C15H23N3O2S/c1-5-8-18(10-14(19)17(2)3)13-9-11(20-4)6-7-12(13)15(16)21/h6-7,9H,5,8,10H2,1-4H3,(H2,16,21). The van der Waals surface area contributed by atoms with E-state index in [0.29, 0.717) is 10.7 Å². The summed E-state index contributed by atoms with van der Waals surface area (Å²) in [7, 11) is 5.09. The number of rotatable bonds is 7. The van der Waals surface area contributed by atoms with E-state index in [0.717, 1.165) is 24.2 Å². The molecule has 0 saturated carbocycles. The van der Waals surface area contributed by atoms with Gasteiger partial charge in [-0.3, -0.25) is 4.79 Å². The molecule has 1 amide bonds. The van der Waals surface area contributed by atoms with Gasteiger partial charge in [-0.1, -0.05) is 19.1 Å². The minimum absolute atomic E-state index is 0.0279. The molecule has 2 N–H and O–H groups in total. The average molecular weight is 309 g/mol. The largest absolute Gasteiger partial charge is 0.497 e. The van der Waals surface area contributed by atoms with Gasteiger partial charge in [0.25, 0.3) is 0 Å². The average Bonchev–Trinajstić information content (AvgIpc) is 2.45. The van der Waals surface area contributed by atoms with E-state index < -0.39 is 0 Å². The molecule has 21 heavy (non-hydrogen) atoms. The molecule has 0 radical (unpaired) electrons. The van der Waals surface area contributed by atoms with Crippen molar-refractivity contribution in [3.05, 3.63) is 23.8 Å². The Hall–Kier alpha value is -1.82. The first-order chi connectivity index (χ1) is 9.90. The molecule has 5 nitrogen and oxygen atoms in total. The SMILES string of the molecule is CCCN(CC(=O)N(C)C)c1cc(OC)ccc1C(N)=S. The molecule has 116 valence electrons. The molecule has 0 unspecified atom stereocenters. The maximum absolute atomic E-state index is 12.0. The molecule has 0 aromatic heterocycles. The van der Waals surface area contributed by atoms with E-state index in [1.165, 1.54) is 0 Å². The topological polar surface area (TPSA) is 58.8 Å². The summed E-state index contributed by atoms with van der Waals surface area (Å²) in [6.45, 7) is 3.08. The maximum atomic E-state index is 12.0. The fraction of sp³-hybridized carbons (Fsp3) is 0.467. The van der Waals surface area contributed by atoms with Crippen molar-refractivity contribution in [1.29, 1.82) is 0 Å². The van der Waals surface area contributed by atoms with Gasteiger partial charge in [-0.2, -0.15) is 0 Å². The molecule has 0 fully saturated rings. The predicted octanol–water partition coefficient (Wildman–Crippen LogP) is 1.63. The van der Waals surface area contributed by atoms with Crippen molar-refractivity contribution in [3.63, 3.8) is 0 Å². The molecule has 0 aliphatic heterocycles. The summed E-state index contributed by atoms with van der Waals surface area (Å²) < 4.78 is 5.26. The summed E-state index contributed by atoms with van der Waals surface area (Å²) in [6, 6.07) is 5.52. The van der Waals surface area contributed by atoms with Crippen LogP contribution in [0.2, 0.25) is 0 Å². The van der Waals surface area contributed by atoms with Crippen LogP contribution in [-0.2, 0) is 4.79 Å². The van der Waals surface area contributed by atoms with Crippen LogP contribution in [0.4, 0.5) is 5.69 Å². The third-order valence-corrected chi connectivity index (χ3v) is 3.35. The number of hydrogen-bond donors (Lipinski definition) is 1. The smallest absolute Gasteiger partial charge is 0.241 e. The van der Waals surface area contributed by atoms with E-state index in [1.54, 1.807) is 26.1 Å². The molecule has 6 heteroatoms. The van der Waals surface area contributed by atoms with E-state index in [9.17, 15) is 4.79 Å². The Labute approximate surface area is 131 Å². The number of methoxy groups -OCH3 is 1. The summed E-state index contributed by atoms with van der Waals surface area (Å²) in [5.41, 5.74) is 7.39. The van der Waals surface area contributed by atoms with Crippen molar-refractivity contribution in [2.24, 2.45) is 5.73 Å². The molecule has 0 aliphatic rings. The third-order valence-electron chi connectivity index (χ3n) is 3.13. The Morgan fingerprint density at radius 3 is 2.52 bits per heavy atom. The fourth-order valence-corrected chi connectivity index (χ4v) is 2.14. The van der Waals surface area contributed by atoms with Crippen LogP contribution in [0.1, 0.15) is 18.9 Å². The monoisotopic (exact) mass is 309 g/mol. The predicted molar refractivity (Wildman–Crippen MR) is 90.1 cm³/mol. The van der Waals surface area contributed by atoms with Crippen LogP contribution in [0, 0.1) is 0 Å². The first kappa shape index (κ1) is 17.2. The molecule has 0 saturated heterocycles. The number of amides is 1. The summed E-state index contributed by atoms with van der Waals surface area (Å²) >= 11 is 5.11. The van der Waals surface area contributed by atoms with Gasteiger partial charge < -0.3 is 20.3 Å². The highest BCUT2D eigenvalue weighted by Crippen LogP contribution is 2.26. The molecule has 0 bridgehead atoms. The lowest BCUT2D eigenvalue weighted by Gasteiger charge is -2.27. The number of carbonyl (C=O) groups excluding carboxylic acids is 1. The van der Waals surface area contributed by atoms with Crippen molar-refractivity contribution in [3.8, 4) is 5.75 Å². The van der Waals surface area contributed by atoms with E-state index in [-0.39, 0.29) is 12.5 Å². The molecule has 1 rings (SSSR count). The summed E-state index contributed by atoms with van der Waals surface area (Å²) in [4.78, 5) is 15.9. The van der Waals surface area contributed by atoms with Crippen LogP contribution in [0.25, 0.3) is 0 Å². The third kappa shape index (κ3) is 4.60. The zero-order valence-electron chi connectivity index (χ0n) is 13.0. The lowest BCUT2D eigenvalue weighted by atomic mass is 10.1. The number of nitrogens with two attached hydrogens (primary N) is 1. The molecule has 1 aromatic rings. The Bertz CT molecular complexity index is 518. The minimum atomic E-state index is 0.0279. The lowest BCUT2D eigenvalue weighted by molar-refractivity contribution is -0.127. The zero-order chi connectivity index (χ0) is 16.0. The maximum Gasteiger partial charge on any atom is 0.241 e. The Kier molecular flexibility index (Phi) is 6.42.